The molecular formula is C13H18N2O2. The molecule has 4 nitrogen and oxygen atoms in total. The lowest BCUT2D eigenvalue weighted by Crippen LogP contribution is -2.13. The molecule has 0 heterocycles. The molecule has 0 aliphatic heterocycles. The summed E-state index contributed by atoms with van der Waals surface area (Å²) < 4.78 is 0. The van der Waals surface area contributed by atoms with Crippen molar-refractivity contribution in [2.75, 3.05) is 14.2 Å². The van der Waals surface area contributed by atoms with Crippen LogP contribution in [0.4, 0.5) is 0 Å². The van der Waals surface area contributed by atoms with Gasteiger partial charge < -0.3 is 9.68 Å². The summed E-state index contributed by atoms with van der Waals surface area (Å²) in [4.78, 5) is 9.58. The van der Waals surface area contributed by atoms with Crippen molar-refractivity contribution in [1.82, 2.24) is 0 Å². The van der Waals surface area contributed by atoms with Crippen LogP contribution in [0.25, 0.3) is 0 Å². The highest BCUT2D eigenvalue weighted by Gasteiger charge is 2.09. The SMILES string of the molecule is CCc1ccc(C(=N/OC)/C(C)=N/OC)cc1. The zero-order valence-electron chi connectivity index (χ0n) is 10.7. The summed E-state index contributed by atoms with van der Waals surface area (Å²) in [5.74, 6) is 0. The van der Waals surface area contributed by atoms with Gasteiger partial charge in [0.25, 0.3) is 0 Å². The first kappa shape index (κ1) is 13.2. The summed E-state index contributed by atoms with van der Waals surface area (Å²) in [5, 5.41) is 7.84. The van der Waals surface area contributed by atoms with Gasteiger partial charge in [0.1, 0.15) is 25.6 Å². The molecular weight excluding hydrogens is 216 g/mol. The number of nitrogens with zero attached hydrogens (tertiary/aromatic N) is 2. The molecule has 17 heavy (non-hydrogen) atoms. The van der Waals surface area contributed by atoms with Gasteiger partial charge >= 0.3 is 0 Å². The first-order valence-electron chi connectivity index (χ1n) is 5.51. The third kappa shape index (κ3) is 3.59. The van der Waals surface area contributed by atoms with Crippen molar-refractivity contribution in [2.45, 2.75) is 20.3 Å². The predicted molar refractivity (Wildman–Crippen MR) is 69.5 cm³/mol. The molecule has 0 amide bonds. The molecule has 0 aliphatic rings. The summed E-state index contributed by atoms with van der Waals surface area (Å²) in [6.07, 6.45) is 1.02. The van der Waals surface area contributed by atoms with E-state index >= 15 is 0 Å². The van der Waals surface area contributed by atoms with Crippen molar-refractivity contribution in [3.63, 3.8) is 0 Å². The van der Waals surface area contributed by atoms with E-state index in [4.69, 9.17) is 9.68 Å². The molecule has 1 aromatic carbocycles. The van der Waals surface area contributed by atoms with E-state index in [-0.39, 0.29) is 0 Å². The molecule has 0 N–H and O–H groups in total. The van der Waals surface area contributed by atoms with E-state index < -0.39 is 0 Å². The Labute approximate surface area is 102 Å². The Bertz CT molecular complexity index is 408. The number of aryl methyl sites for hydroxylation is 1. The second-order valence-electron chi connectivity index (χ2n) is 3.53. The third-order valence-corrected chi connectivity index (χ3v) is 2.39. The Morgan fingerprint density at radius 3 is 2.12 bits per heavy atom. The number of rotatable bonds is 5. The molecule has 4 heteroatoms. The predicted octanol–water partition coefficient (Wildman–Crippen LogP) is 2.62. The zero-order valence-corrected chi connectivity index (χ0v) is 10.7. The van der Waals surface area contributed by atoms with Crippen LogP contribution in [0.3, 0.4) is 0 Å². The fourth-order valence-electron chi connectivity index (χ4n) is 1.50. The summed E-state index contributed by atoms with van der Waals surface area (Å²) in [5.41, 5.74) is 3.60. The Morgan fingerprint density at radius 2 is 1.65 bits per heavy atom. The van der Waals surface area contributed by atoms with Gasteiger partial charge in [-0.15, -0.1) is 0 Å². The van der Waals surface area contributed by atoms with Crippen molar-refractivity contribution in [3.05, 3.63) is 35.4 Å². The first-order chi connectivity index (χ1) is 8.22. The summed E-state index contributed by atoms with van der Waals surface area (Å²) >= 11 is 0. The van der Waals surface area contributed by atoms with Crippen molar-refractivity contribution in [1.29, 1.82) is 0 Å². The minimum atomic E-state index is 0.678. The second kappa shape index (κ2) is 6.68. The molecule has 0 fully saturated rings. The lowest BCUT2D eigenvalue weighted by atomic mass is 10.0. The van der Waals surface area contributed by atoms with Gasteiger partial charge in [0.05, 0.1) is 0 Å². The lowest BCUT2D eigenvalue weighted by molar-refractivity contribution is 0.210. The van der Waals surface area contributed by atoms with Crippen LogP contribution in [0.15, 0.2) is 34.6 Å². The van der Waals surface area contributed by atoms with Crippen LogP contribution < -0.4 is 0 Å². The quantitative estimate of drug-likeness (QED) is 0.580. The molecule has 0 atom stereocenters. The smallest absolute Gasteiger partial charge is 0.134 e. The van der Waals surface area contributed by atoms with Gasteiger partial charge in [0.15, 0.2) is 0 Å². The average Bonchev–Trinajstić information content (AvgIpc) is 2.36. The largest absolute Gasteiger partial charge is 0.399 e. The Balaban J connectivity index is 3.06. The normalized spacial score (nSPS) is 12.5. The maximum absolute atomic E-state index is 4.83. The van der Waals surface area contributed by atoms with Gasteiger partial charge in [-0.3, -0.25) is 0 Å². The van der Waals surface area contributed by atoms with Gasteiger partial charge in [-0.2, -0.15) is 0 Å². The molecule has 0 spiro atoms. The van der Waals surface area contributed by atoms with Gasteiger partial charge in [-0.05, 0) is 18.9 Å². The summed E-state index contributed by atoms with van der Waals surface area (Å²) in [6, 6.07) is 8.15. The highest BCUT2D eigenvalue weighted by molar-refractivity contribution is 6.47. The van der Waals surface area contributed by atoms with Crippen LogP contribution in [0, 0.1) is 0 Å². The van der Waals surface area contributed by atoms with Crippen LogP contribution in [0.2, 0.25) is 0 Å². The fourth-order valence-corrected chi connectivity index (χ4v) is 1.50. The van der Waals surface area contributed by atoms with Crippen LogP contribution in [-0.2, 0) is 16.1 Å². The van der Waals surface area contributed by atoms with Crippen molar-refractivity contribution < 1.29 is 9.68 Å². The minimum absolute atomic E-state index is 0.678. The highest BCUT2D eigenvalue weighted by Crippen LogP contribution is 2.08. The van der Waals surface area contributed by atoms with Gasteiger partial charge in [0, 0.05) is 5.56 Å². The molecule has 0 saturated heterocycles. The first-order valence-corrected chi connectivity index (χ1v) is 5.51. The monoisotopic (exact) mass is 234 g/mol. The second-order valence-corrected chi connectivity index (χ2v) is 3.53. The fraction of sp³-hybridized carbons (Fsp3) is 0.385. The molecule has 1 aromatic rings. The Kier molecular flexibility index (Phi) is 5.20. The van der Waals surface area contributed by atoms with Gasteiger partial charge in [-0.25, -0.2) is 0 Å². The van der Waals surface area contributed by atoms with Gasteiger partial charge in [-0.1, -0.05) is 41.5 Å². The topological polar surface area (TPSA) is 43.2 Å². The molecule has 0 unspecified atom stereocenters. The average molecular weight is 234 g/mol. The molecule has 1 rings (SSSR count). The van der Waals surface area contributed by atoms with E-state index in [0.717, 1.165) is 12.0 Å². The lowest BCUT2D eigenvalue weighted by Gasteiger charge is -2.05. The van der Waals surface area contributed by atoms with Gasteiger partial charge in [0.2, 0.25) is 0 Å². The van der Waals surface area contributed by atoms with E-state index in [1.54, 1.807) is 0 Å². The van der Waals surface area contributed by atoms with Crippen molar-refractivity contribution >= 4 is 11.4 Å². The Morgan fingerprint density at radius 1 is 1.06 bits per heavy atom. The number of benzene rings is 1. The standard InChI is InChI=1S/C13H18N2O2/c1-5-11-6-8-12(9-7-11)13(15-17-4)10(2)14-16-3/h6-9H,5H2,1-4H3/b14-10+,15-13+. The molecule has 0 aromatic heterocycles. The van der Waals surface area contributed by atoms with E-state index in [1.165, 1.54) is 19.8 Å². The third-order valence-electron chi connectivity index (χ3n) is 2.39. The molecule has 0 bridgehead atoms. The number of hydrogen-bond acceptors (Lipinski definition) is 4. The summed E-state index contributed by atoms with van der Waals surface area (Å²) in [6.45, 7) is 3.95. The highest BCUT2D eigenvalue weighted by atomic mass is 16.6. The maximum Gasteiger partial charge on any atom is 0.134 e. The van der Waals surface area contributed by atoms with Crippen LogP contribution >= 0.6 is 0 Å². The van der Waals surface area contributed by atoms with E-state index in [1.807, 2.05) is 19.1 Å². The summed E-state index contributed by atoms with van der Waals surface area (Å²) in [7, 11) is 3.02. The van der Waals surface area contributed by atoms with Crippen molar-refractivity contribution in [2.24, 2.45) is 10.3 Å². The van der Waals surface area contributed by atoms with E-state index in [0.29, 0.717) is 11.4 Å². The maximum atomic E-state index is 4.83. The zero-order chi connectivity index (χ0) is 12.7. The van der Waals surface area contributed by atoms with Crippen LogP contribution in [-0.4, -0.2) is 25.6 Å². The Hall–Kier alpha value is -1.84. The molecule has 0 saturated carbocycles. The van der Waals surface area contributed by atoms with Crippen LogP contribution in [0.1, 0.15) is 25.0 Å². The van der Waals surface area contributed by atoms with Crippen molar-refractivity contribution in [3.8, 4) is 0 Å². The molecule has 0 radical (unpaired) electrons. The van der Waals surface area contributed by atoms with Crippen LogP contribution in [0.5, 0.6) is 0 Å². The minimum Gasteiger partial charge on any atom is -0.399 e. The molecule has 92 valence electrons. The van der Waals surface area contributed by atoms with E-state index in [2.05, 4.69) is 29.4 Å². The molecule has 0 aliphatic carbocycles. The number of hydrogen-bond donors (Lipinski definition) is 0. The number of oxime groups is 2. The van der Waals surface area contributed by atoms with E-state index in [9.17, 15) is 0 Å².